The molecule has 1 aliphatic rings. The predicted octanol–water partition coefficient (Wildman–Crippen LogP) is 7.02. The molecular weight excluding hydrogens is 427 g/mol. The zero-order chi connectivity index (χ0) is 20.8. The zero-order valence-electron chi connectivity index (χ0n) is 16.4. The first-order valence-corrected chi connectivity index (χ1v) is 11.6. The van der Waals surface area contributed by atoms with E-state index in [9.17, 15) is 10.1 Å². The number of ether oxygens (including phenoxy) is 1. The first-order valence-electron chi connectivity index (χ1n) is 10.0. The van der Waals surface area contributed by atoms with E-state index in [0.29, 0.717) is 38.5 Å². The average Bonchev–Trinajstić information content (AvgIpc) is 3.06. The van der Waals surface area contributed by atoms with Crippen molar-refractivity contribution in [2.24, 2.45) is 0 Å². The molecule has 0 spiro atoms. The molecule has 0 aliphatic heterocycles. The number of benzene rings is 1. The highest BCUT2D eigenvalue weighted by Gasteiger charge is 2.23. The van der Waals surface area contributed by atoms with Crippen molar-refractivity contribution in [2.75, 3.05) is 11.9 Å². The molecule has 0 atom stereocenters. The minimum atomic E-state index is -0.335. The fourth-order valence-corrected chi connectivity index (χ4v) is 5.31. The molecule has 0 radical (unpaired) electrons. The maximum atomic E-state index is 12.8. The highest BCUT2D eigenvalue weighted by Crippen LogP contribution is 2.39. The maximum absolute atomic E-state index is 12.8. The molecule has 154 valence electrons. The lowest BCUT2D eigenvalue weighted by Crippen LogP contribution is -2.12. The molecule has 4 nitrogen and oxygen atoms in total. The van der Waals surface area contributed by atoms with E-state index in [4.69, 9.17) is 27.9 Å². The number of nitrogens with zero attached hydrogens (tertiary/aromatic N) is 1. The smallest absolute Gasteiger partial charge is 0.256 e. The number of carbonyl (C=O) groups is 1. The number of anilines is 1. The molecular formula is C22H24Cl2N2O2S. The van der Waals surface area contributed by atoms with Gasteiger partial charge in [-0.2, -0.15) is 5.26 Å². The molecule has 3 rings (SSSR count). The normalized spacial score (nSPS) is 12.9. The summed E-state index contributed by atoms with van der Waals surface area (Å²) in [6.45, 7) is 2.70. The van der Waals surface area contributed by atoms with Crippen LogP contribution in [-0.4, -0.2) is 12.5 Å². The topological polar surface area (TPSA) is 62.1 Å². The summed E-state index contributed by atoms with van der Waals surface area (Å²) in [7, 11) is 0. The van der Waals surface area contributed by atoms with Gasteiger partial charge in [0.25, 0.3) is 5.91 Å². The van der Waals surface area contributed by atoms with E-state index in [1.807, 2.05) is 0 Å². The summed E-state index contributed by atoms with van der Waals surface area (Å²) in [5.74, 6) is 0.0732. The summed E-state index contributed by atoms with van der Waals surface area (Å²) in [5.41, 5.74) is 2.01. The molecule has 1 amide bonds. The van der Waals surface area contributed by atoms with E-state index in [0.717, 1.165) is 50.5 Å². The SMILES string of the molecule is CCCCCCOc1c(Cl)cc(C(=O)Nc2sc3c(c2C#N)CCCC3)cc1Cl. The summed E-state index contributed by atoms with van der Waals surface area (Å²) in [6.07, 6.45) is 8.42. The minimum absolute atomic E-state index is 0.309. The van der Waals surface area contributed by atoms with Gasteiger partial charge in [0.2, 0.25) is 0 Å². The van der Waals surface area contributed by atoms with Crippen LogP contribution >= 0.6 is 34.5 Å². The van der Waals surface area contributed by atoms with Crippen molar-refractivity contribution in [3.05, 3.63) is 43.7 Å². The predicted molar refractivity (Wildman–Crippen MR) is 120 cm³/mol. The highest BCUT2D eigenvalue weighted by molar-refractivity contribution is 7.16. The van der Waals surface area contributed by atoms with Gasteiger partial charge in [-0.3, -0.25) is 4.79 Å². The number of aryl methyl sites for hydroxylation is 1. The number of rotatable bonds is 8. The number of hydrogen-bond acceptors (Lipinski definition) is 4. The Balaban J connectivity index is 1.72. The number of fused-ring (bicyclic) bond motifs is 1. The molecule has 1 aromatic heterocycles. The number of nitriles is 1. The maximum Gasteiger partial charge on any atom is 0.256 e. The first kappa shape index (κ1) is 22.0. The van der Waals surface area contributed by atoms with E-state index in [2.05, 4.69) is 18.3 Å². The van der Waals surface area contributed by atoms with Gasteiger partial charge in [0.15, 0.2) is 5.75 Å². The zero-order valence-corrected chi connectivity index (χ0v) is 18.8. The van der Waals surface area contributed by atoms with Crippen molar-refractivity contribution in [2.45, 2.75) is 58.3 Å². The van der Waals surface area contributed by atoms with Gasteiger partial charge >= 0.3 is 0 Å². The van der Waals surface area contributed by atoms with Crippen LogP contribution < -0.4 is 10.1 Å². The molecule has 0 fully saturated rings. The second-order valence-electron chi connectivity index (χ2n) is 7.16. The van der Waals surface area contributed by atoms with Crippen molar-refractivity contribution >= 4 is 45.4 Å². The fourth-order valence-electron chi connectivity index (χ4n) is 3.48. The lowest BCUT2D eigenvalue weighted by Gasteiger charge is -2.12. The number of thiophene rings is 1. The second kappa shape index (κ2) is 10.3. The number of hydrogen-bond donors (Lipinski definition) is 1. The van der Waals surface area contributed by atoms with Crippen molar-refractivity contribution in [3.8, 4) is 11.8 Å². The Labute approximate surface area is 185 Å². The lowest BCUT2D eigenvalue weighted by atomic mass is 9.96. The summed E-state index contributed by atoms with van der Waals surface area (Å²) < 4.78 is 5.72. The molecule has 1 N–H and O–H groups in total. The van der Waals surface area contributed by atoms with Crippen molar-refractivity contribution in [1.29, 1.82) is 5.26 Å². The number of amides is 1. The quantitative estimate of drug-likeness (QED) is 0.439. The van der Waals surface area contributed by atoms with Gasteiger partial charge in [-0.1, -0.05) is 49.4 Å². The Morgan fingerprint density at radius 3 is 2.62 bits per heavy atom. The lowest BCUT2D eigenvalue weighted by molar-refractivity contribution is 0.102. The molecule has 1 aliphatic carbocycles. The van der Waals surface area contributed by atoms with Crippen LogP contribution in [0.5, 0.6) is 5.75 Å². The Bertz CT molecular complexity index is 911. The van der Waals surface area contributed by atoms with Crippen LogP contribution in [0.1, 0.15) is 71.8 Å². The monoisotopic (exact) mass is 450 g/mol. The molecule has 29 heavy (non-hydrogen) atoms. The molecule has 2 aromatic rings. The van der Waals surface area contributed by atoms with Crippen molar-refractivity contribution < 1.29 is 9.53 Å². The van der Waals surface area contributed by atoms with Crippen LogP contribution in [0.2, 0.25) is 10.0 Å². The fraction of sp³-hybridized carbons (Fsp3) is 0.455. The minimum Gasteiger partial charge on any atom is -0.490 e. The van der Waals surface area contributed by atoms with Gasteiger partial charge in [0, 0.05) is 10.4 Å². The Morgan fingerprint density at radius 2 is 1.93 bits per heavy atom. The van der Waals surface area contributed by atoms with Crippen LogP contribution in [0.3, 0.4) is 0 Å². The average molecular weight is 451 g/mol. The number of halogens is 2. The van der Waals surface area contributed by atoms with Gasteiger partial charge in [-0.25, -0.2) is 0 Å². The van der Waals surface area contributed by atoms with Crippen LogP contribution in [0, 0.1) is 11.3 Å². The van der Waals surface area contributed by atoms with E-state index < -0.39 is 0 Å². The highest BCUT2D eigenvalue weighted by atomic mass is 35.5. The Hall–Kier alpha value is -1.74. The van der Waals surface area contributed by atoms with E-state index in [-0.39, 0.29) is 5.91 Å². The van der Waals surface area contributed by atoms with E-state index >= 15 is 0 Å². The van der Waals surface area contributed by atoms with E-state index in [1.165, 1.54) is 22.6 Å². The third kappa shape index (κ3) is 5.25. The van der Waals surface area contributed by atoms with Crippen molar-refractivity contribution in [3.63, 3.8) is 0 Å². The number of nitrogens with one attached hydrogen (secondary N) is 1. The second-order valence-corrected chi connectivity index (χ2v) is 9.08. The molecule has 7 heteroatoms. The third-order valence-electron chi connectivity index (χ3n) is 5.01. The standard InChI is InChI=1S/C22H24Cl2N2O2S/c1-2-3-4-7-10-28-20-17(23)11-14(12-18(20)24)21(27)26-22-16(13-25)15-8-5-6-9-19(15)29-22/h11-12H,2-10H2,1H3,(H,26,27). The van der Waals surface area contributed by atoms with Gasteiger partial charge in [-0.15, -0.1) is 11.3 Å². The molecule has 0 bridgehead atoms. The molecule has 1 heterocycles. The largest absolute Gasteiger partial charge is 0.490 e. The van der Waals surface area contributed by atoms with Crippen LogP contribution in [-0.2, 0) is 12.8 Å². The van der Waals surface area contributed by atoms with Gasteiger partial charge in [-0.05, 0) is 49.8 Å². The van der Waals surface area contributed by atoms with E-state index in [1.54, 1.807) is 12.1 Å². The third-order valence-corrected chi connectivity index (χ3v) is 6.78. The molecule has 1 aromatic carbocycles. The van der Waals surface area contributed by atoms with Gasteiger partial charge in [0.1, 0.15) is 11.1 Å². The molecule has 0 saturated heterocycles. The van der Waals surface area contributed by atoms with Crippen molar-refractivity contribution in [1.82, 2.24) is 0 Å². The number of carbonyl (C=O) groups excluding carboxylic acids is 1. The van der Waals surface area contributed by atoms with Crippen LogP contribution in [0.25, 0.3) is 0 Å². The summed E-state index contributed by atoms with van der Waals surface area (Å²) in [6, 6.07) is 5.37. The van der Waals surface area contributed by atoms with Crippen LogP contribution in [0.4, 0.5) is 5.00 Å². The van der Waals surface area contributed by atoms with Gasteiger partial charge < -0.3 is 10.1 Å². The molecule has 0 unspecified atom stereocenters. The van der Waals surface area contributed by atoms with Crippen LogP contribution in [0.15, 0.2) is 12.1 Å². The molecule has 0 saturated carbocycles. The Morgan fingerprint density at radius 1 is 1.21 bits per heavy atom. The first-order chi connectivity index (χ1) is 14.0. The Kier molecular flexibility index (Phi) is 7.83. The van der Waals surface area contributed by atoms with Gasteiger partial charge in [0.05, 0.1) is 22.2 Å². The summed E-state index contributed by atoms with van der Waals surface area (Å²) >= 11 is 14.1. The summed E-state index contributed by atoms with van der Waals surface area (Å²) in [5, 5.41) is 13.7. The summed E-state index contributed by atoms with van der Waals surface area (Å²) in [4.78, 5) is 14.0. The number of unbranched alkanes of at least 4 members (excludes halogenated alkanes) is 3.